The molecular formula is C17H22N8O2. The second-order valence-corrected chi connectivity index (χ2v) is 6.32. The van der Waals surface area contributed by atoms with Gasteiger partial charge in [-0.1, -0.05) is 0 Å². The van der Waals surface area contributed by atoms with Gasteiger partial charge in [-0.05, 0) is 19.9 Å². The van der Waals surface area contributed by atoms with Crippen molar-refractivity contribution in [2.75, 3.05) is 5.32 Å². The zero-order valence-corrected chi connectivity index (χ0v) is 15.7. The Bertz CT molecular complexity index is 967. The quantitative estimate of drug-likeness (QED) is 0.666. The molecule has 0 aliphatic carbocycles. The van der Waals surface area contributed by atoms with Crippen molar-refractivity contribution in [1.29, 1.82) is 0 Å². The average molecular weight is 370 g/mol. The first-order chi connectivity index (χ1) is 12.9. The van der Waals surface area contributed by atoms with Gasteiger partial charge in [-0.2, -0.15) is 15.3 Å². The molecule has 0 spiro atoms. The standard InChI is InChI=1S/C17H22N8O2/c1-11-5-6-19-25(11)12(2)16(26)22-14-9-21-24(4)15(14)17(27)18-7-13-8-20-23(3)10-13/h5-6,8-10,12H,7H2,1-4H3,(H,18,27)(H,22,26). The Morgan fingerprint density at radius 3 is 2.59 bits per heavy atom. The number of nitrogens with zero attached hydrogens (tertiary/aromatic N) is 6. The molecule has 10 heteroatoms. The third kappa shape index (κ3) is 3.89. The van der Waals surface area contributed by atoms with E-state index in [4.69, 9.17) is 0 Å². The van der Waals surface area contributed by atoms with E-state index in [1.807, 2.05) is 26.2 Å². The van der Waals surface area contributed by atoms with Crippen molar-refractivity contribution in [3.8, 4) is 0 Å². The zero-order chi connectivity index (χ0) is 19.6. The molecule has 27 heavy (non-hydrogen) atoms. The topological polar surface area (TPSA) is 112 Å². The van der Waals surface area contributed by atoms with Crippen LogP contribution in [-0.4, -0.2) is 41.2 Å². The number of amides is 2. The maximum absolute atomic E-state index is 12.6. The van der Waals surface area contributed by atoms with Crippen LogP contribution >= 0.6 is 0 Å². The van der Waals surface area contributed by atoms with Crippen LogP contribution < -0.4 is 10.6 Å². The predicted molar refractivity (Wildman–Crippen MR) is 97.9 cm³/mol. The summed E-state index contributed by atoms with van der Waals surface area (Å²) in [5.41, 5.74) is 2.37. The van der Waals surface area contributed by atoms with Crippen molar-refractivity contribution in [3.05, 3.63) is 47.8 Å². The van der Waals surface area contributed by atoms with Gasteiger partial charge in [0, 0.05) is 44.3 Å². The third-order valence-electron chi connectivity index (χ3n) is 4.24. The highest BCUT2D eigenvalue weighted by molar-refractivity contribution is 6.03. The molecule has 1 atom stereocenters. The molecule has 3 rings (SSSR count). The summed E-state index contributed by atoms with van der Waals surface area (Å²) >= 11 is 0. The smallest absolute Gasteiger partial charge is 0.271 e. The van der Waals surface area contributed by atoms with Crippen LogP contribution in [0.25, 0.3) is 0 Å². The first kappa shape index (κ1) is 18.4. The SMILES string of the molecule is Cc1ccnn1C(C)C(=O)Nc1cnn(C)c1C(=O)NCc1cnn(C)c1. The molecule has 0 radical (unpaired) electrons. The summed E-state index contributed by atoms with van der Waals surface area (Å²) in [6.45, 7) is 3.94. The lowest BCUT2D eigenvalue weighted by atomic mass is 10.2. The first-order valence-corrected chi connectivity index (χ1v) is 8.45. The molecule has 1 unspecified atom stereocenters. The van der Waals surface area contributed by atoms with Crippen molar-refractivity contribution >= 4 is 17.5 Å². The van der Waals surface area contributed by atoms with E-state index in [2.05, 4.69) is 25.9 Å². The Kier molecular flexibility index (Phi) is 5.06. The van der Waals surface area contributed by atoms with Crippen molar-refractivity contribution in [2.24, 2.45) is 14.1 Å². The van der Waals surface area contributed by atoms with Crippen molar-refractivity contribution in [3.63, 3.8) is 0 Å². The maximum atomic E-state index is 12.6. The van der Waals surface area contributed by atoms with Gasteiger partial charge in [-0.15, -0.1) is 0 Å². The maximum Gasteiger partial charge on any atom is 0.271 e. The lowest BCUT2D eigenvalue weighted by Crippen LogP contribution is -2.29. The minimum Gasteiger partial charge on any atom is -0.346 e. The number of anilines is 1. The van der Waals surface area contributed by atoms with Gasteiger partial charge in [0.05, 0.1) is 18.1 Å². The summed E-state index contributed by atoms with van der Waals surface area (Å²) in [4.78, 5) is 25.2. The highest BCUT2D eigenvalue weighted by Crippen LogP contribution is 2.17. The lowest BCUT2D eigenvalue weighted by molar-refractivity contribution is -0.119. The molecule has 2 N–H and O–H groups in total. The predicted octanol–water partition coefficient (Wildman–Crippen LogP) is 0.788. The van der Waals surface area contributed by atoms with Crippen LogP contribution in [0.5, 0.6) is 0 Å². The van der Waals surface area contributed by atoms with E-state index in [0.717, 1.165) is 11.3 Å². The summed E-state index contributed by atoms with van der Waals surface area (Å²) < 4.78 is 4.71. The van der Waals surface area contributed by atoms with Crippen LogP contribution in [-0.2, 0) is 25.4 Å². The van der Waals surface area contributed by atoms with Gasteiger partial charge in [0.1, 0.15) is 11.7 Å². The largest absolute Gasteiger partial charge is 0.346 e. The summed E-state index contributed by atoms with van der Waals surface area (Å²) in [5.74, 6) is -0.617. The molecule has 0 saturated carbocycles. The van der Waals surface area contributed by atoms with Crippen LogP contribution in [0.2, 0.25) is 0 Å². The zero-order valence-electron chi connectivity index (χ0n) is 15.7. The van der Waals surface area contributed by atoms with Gasteiger partial charge in [0.15, 0.2) is 0 Å². The van der Waals surface area contributed by atoms with E-state index in [0.29, 0.717) is 12.2 Å². The fourth-order valence-electron chi connectivity index (χ4n) is 2.76. The lowest BCUT2D eigenvalue weighted by Gasteiger charge is -2.14. The van der Waals surface area contributed by atoms with Gasteiger partial charge in [0.2, 0.25) is 5.91 Å². The van der Waals surface area contributed by atoms with Crippen LogP contribution in [0.15, 0.2) is 30.9 Å². The number of hydrogen-bond acceptors (Lipinski definition) is 5. The van der Waals surface area contributed by atoms with Gasteiger partial charge in [-0.3, -0.25) is 23.6 Å². The van der Waals surface area contributed by atoms with E-state index < -0.39 is 6.04 Å². The van der Waals surface area contributed by atoms with E-state index in [-0.39, 0.29) is 17.5 Å². The summed E-state index contributed by atoms with van der Waals surface area (Å²) in [7, 11) is 3.46. The molecular weight excluding hydrogens is 348 g/mol. The monoisotopic (exact) mass is 370 g/mol. The van der Waals surface area contributed by atoms with E-state index >= 15 is 0 Å². The minimum atomic E-state index is -0.522. The highest BCUT2D eigenvalue weighted by atomic mass is 16.2. The highest BCUT2D eigenvalue weighted by Gasteiger charge is 2.22. The number of aryl methyl sites for hydroxylation is 3. The van der Waals surface area contributed by atoms with Crippen LogP contribution in [0, 0.1) is 6.92 Å². The third-order valence-corrected chi connectivity index (χ3v) is 4.24. The van der Waals surface area contributed by atoms with Crippen molar-refractivity contribution in [2.45, 2.75) is 26.4 Å². The Morgan fingerprint density at radius 2 is 1.96 bits per heavy atom. The normalized spacial score (nSPS) is 12.0. The van der Waals surface area contributed by atoms with E-state index in [1.165, 1.54) is 10.9 Å². The molecule has 0 aliphatic rings. The number of hydrogen-bond donors (Lipinski definition) is 2. The number of aromatic nitrogens is 6. The van der Waals surface area contributed by atoms with Crippen LogP contribution in [0.1, 0.15) is 34.7 Å². The van der Waals surface area contributed by atoms with Crippen molar-refractivity contribution < 1.29 is 9.59 Å². The number of carbonyl (C=O) groups excluding carboxylic acids is 2. The Labute approximate surface area is 156 Å². The first-order valence-electron chi connectivity index (χ1n) is 8.45. The molecule has 3 aromatic heterocycles. The number of carbonyl (C=O) groups is 2. The summed E-state index contributed by atoms with van der Waals surface area (Å²) in [6, 6.07) is 1.30. The molecule has 0 bridgehead atoms. The van der Waals surface area contributed by atoms with E-state index in [9.17, 15) is 9.59 Å². The molecule has 0 aromatic carbocycles. The van der Waals surface area contributed by atoms with Gasteiger partial charge in [-0.25, -0.2) is 0 Å². The number of nitrogens with one attached hydrogen (secondary N) is 2. The number of rotatable bonds is 6. The molecule has 2 amide bonds. The van der Waals surface area contributed by atoms with Gasteiger partial charge in [0.25, 0.3) is 5.91 Å². The Hall–Kier alpha value is -3.43. The fraction of sp³-hybridized carbons (Fsp3) is 0.353. The molecule has 3 heterocycles. The van der Waals surface area contributed by atoms with Gasteiger partial charge < -0.3 is 10.6 Å². The fourth-order valence-corrected chi connectivity index (χ4v) is 2.76. The average Bonchev–Trinajstić information content (AvgIpc) is 3.33. The molecule has 0 aliphatic heterocycles. The second kappa shape index (κ2) is 7.44. The van der Waals surface area contributed by atoms with Crippen LogP contribution in [0.4, 0.5) is 5.69 Å². The molecule has 0 fully saturated rings. The van der Waals surface area contributed by atoms with Crippen molar-refractivity contribution in [1.82, 2.24) is 34.7 Å². The Morgan fingerprint density at radius 1 is 1.19 bits per heavy atom. The molecule has 3 aromatic rings. The molecule has 142 valence electrons. The summed E-state index contributed by atoms with van der Waals surface area (Å²) in [6.07, 6.45) is 6.60. The minimum absolute atomic E-state index is 0.275. The molecule has 10 nitrogen and oxygen atoms in total. The summed E-state index contributed by atoms with van der Waals surface area (Å²) in [5, 5.41) is 17.9. The van der Waals surface area contributed by atoms with Gasteiger partial charge >= 0.3 is 0 Å². The van der Waals surface area contributed by atoms with E-state index in [1.54, 1.807) is 35.7 Å². The second-order valence-electron chi connectivity index (χ2n) is 6.32. The van der Waals surface area contributed by atoms with Crippen LogP contribution in [0.3, 0.4) is 0 Å². The Balaban J connectivity index is 1.71. The molecule has 0 saturated heterocycles.